The summed E-state index contributed by atoms with van der Waals surface area (Å²) in [5, 5.41) is 0. The highest BCUT2D eigenvalue weighted by Gasteiger charge is 2.32. The normalized spacial score (nSPS) is 36.2. The Hall–Kier alpha value is -0.120. The molecule has 2 N–H and O–H groups in total. The molecule has 1 saturated carbocycles. The van der Waals surface area contributed by atoms with Crippen LogP contribution in [-0.2, 0) is 4.74 Å². The summed E-state index contributed by atoms with van der Waals surface area (Å²) in [4.78, 5) is 2.61. The van der Waals surface area contributed by atoms with E-state index in [1.807, 2.05) is 0 Å². The molecular weight excluding hydrogens is 200 g/mol. The maximum atomic E-state index is 5.95. The lowest BCUT2D eigenvalue weighted by molar-refractivity contribution is -0.0592. The van der Waals surface area contributed by atoms with Crippen LogP contribution in [0.4, 0.5) is 0 Å². The Morgan fingerprint density at radius 3 is 2.56 bits per heavy atom. The van der Waals surface area contributed by atoms with Crippen LogP contribution < -0.4 is 5.73 Å². The topological polar surface area (TPSA) is 38.5 Å². The lowest BCUT2D eigenvalue weighted by Crippen LogP contribution is -2.54. The van der Waals surface area contributed by atoms with E-state index in [1.54, 1.807) is 0 Å². The summed E-state index contributed by atoms with van der Waals surface area (Å²) in [6, 6.07) is 0.467. The highest BCUT2D eigenvalue weighted by atomic mass is 16.5. The number of hydrogen-bond acceptors (Lipinski definition) is 3. The van der Waals surface area contributed by atoms with Crippen molar-refractivity contribution in [1.82, 2.24) is 4.90 Å². The third-order valence-corrected chi connectivity index (χ3v) is 4.19. The van der Waals surface area contributed by atoms with Crippen LogP contribution in [0.1, 0.15) is 39.5 Å². The van der Waals surface area contributed by atoms with E-state index in [2.05, 4.69) is 18.7 Å². The van der Waals surface area contributed by atoms with Crippen molar-refractivity contribution in [3.05, 3.63) is 0 Å². The van der Waals surface area contributed by atoms with E-state index in [4.69, 9.17) is 10.5 Å². The molecule has 0 spiro atoms. The van der Waals surface area contributed by atoms with E-state index in [0.717, 1.165) is 25.7 Å². The van der Waals surface area contributed by atoms with Gasteiger partial charge in [0.25, 0.3) is 0 Å². The van der Waals surface area contributed by atoms with Crippen molar-refractivity contribution < 1.29 is 4.74 Å². The molecule has 0 amide bonds. The minimum absolute atomic E-state index is 0.220. The zero-order valence-corrected chi connectivity index (χ0v) is 10.7. The third kappa shape index (κ3) is 2.96. The van der Waals surface area contributed by atoms with Gasteiger partial charge in [0.05, 0.1) is 13.2 Å². The molecule has 1 heterocycles. The van der Waals surface area contributed by atoms with Gasteiger partial charge in [0.1, 0.15) is 0 Å². The van der Waals surface area contributed by atoms with E-state index in [9.17, 15) is 0 Å². The molecule has 1 saturated heterocycles. The number of nitrogens with two attached hydrogens (primary N) is 1. The summed E-state index contributed by atoms with van der Waals surface area (Å²) in [7, 11) is 0. The van der Waals surface area contributed by atoms with Crippen LogP contribution in [0.25, 0.3) is 0 Å². The Labute approximate surface area is 99.3 Å². The van der Waals surface area contributed by atoms with Crippen molar-refractivity contribution in [3.8, 4) is 0 Å². The Balaban J connectivity index is 1.84. The van der Waals surface area contributed by atoms with E-state index in [0.29, 0.717) is 6.04 Å². The lowest BCUT2D eigenvalue weighted by atomic mass is 9.85. The fourth-order valence-electron chi connectivity index (χ4n) is 2.91. The first-order chi connectivity index (χ1) is 7.58. The molecule has 2 fully saturated rings. The number of nitrogens with zero attached hydrogens (tertiary/aromatic N) is 1. The van der Waals surface area contributed by atoms with Crippen molar-refractivity contribution in [2.75, 3.05) is 26.3 Å². The average molecular weight is 226 g/mol. The molecule has 0 radical (unpaired) electrons. The Morgan fingerprint density at radius 2 is 1.94 bits per heavy atom. The summed E-state index contributed by atoms with van der Waals surface area (Å²) in [6.45, 7) is 8.69. The van der Waals surface area contributed by atoms with Crippen LogP contribution in [0.5, 0.6) is 0 Å². The molecule has 0 unspecified atom stereocenters. The average Bonchev–Trinajstić information content (AvgIpc) is 2.24. The van der Waals surface area contributed by atoms with Gasteiger partial charge in [-0.05, 0) is 45.4 Å². The molecule has 94 valence electrons. The molecule has 0 aromatic rings. The van der Waals surface area contributed by atoms with Crippen molar-refractivity contribution in [1.29, 1.82) is 0 Å². The van der Waals surface area contributed by atoms with Gasteiger partial charge in [0.2, 0.25) is 0 Å². The van der Waals surface area contributed by atoms with Gasteiger partial charge < -0.3 is 10.5 Å². The Kier molecular flexibility index (Phi) is 3.88. The van der Waals surface area contributed by atoms with Gasteiger partial charge in [-0.3, -0.25) is 4.90 Å². The minimum Gasteiger partial charge on any atom is -0.378 e. The first kappa shape index (κ1) is 12.3. The highest BCUT2D eigenvalue weighted by Crippen LogP contribution is 2.27. The Bertz CT molecular complexity index is 222. The number of ether oxygens (including phenoxy) is 1. The van der Waals surface area contributed by atoms with Gasteiger partial charge in [0.15, 0.2) is 0 Å². The number of morpholine rings is 1. The monoisotopic (exact) mass is 226 g/mol. The second-order valence-corrected chi connectivity index (χ2v) is 6.09. The molecule has 2 rings (SSSR count). The predicted molar refractivity (Wildman–Crippen MR) is 66.4 cm³/mol. The fraction of sp³-hybridized carbons (Fsp3) is 1.00. The van der Waals surface area contributed by atoms with Crippen molar-refractivity contribution in [2.24, 2.45) is 11.7 Å². The van der Waals surface area contributed by atoms with E-state index >= 15 is 0 Å². The van der Waals surface area contributed by atoms with Crippen LogP contribution in [0, 0.1) is 5.92 Å². The predicted octanol–water partition coefficient (Wildman–Crippen LogP) is 1.61. The first-order valence-corrected chi connectivity index (χ1v) is 6.66. The standard InChI is InChI=1S/C13H26N2O/c1-13(2)10-16-8-7-15(13)9-11-3-5-12(14)6-4-11/h11-12H,3-10,14H2,1-2H3. The van der Waals surface area contributed by atoms with Gasteiger partial charge in [-0.15, -0.1) is 0 Å². The lowest BCUT2D eigenvalue weighted by Gasteiger charge is -2.44. The molecule has 1 aliphatic heterocycles. The zero-order valence-electron chi connectivity index (χ0n) is 10.7. The van der Waals surface area contributed by atoms with Gasteiger partial charge >= 0.3 is 0 Å². The van der Waals surface area contributed by atoms with Crippen LogP contribution in [0.3, 0.4) is 0 Å². The van der Waals surface area contributed by atoms with Crippen LogP contribution >= 0.6 is 0 Å². The molecule has 0 aromatic heterocycles. The van der Waals surface area contributed by atoms with Crippen molar-refractivity contribution in [2.45, 2.75) is 51.1 Å². The van der Waals surface area contributed by atoms with Crippen LogP contribution in [0.2, 0.25) is 0 Å². The second-order valence-electron chi connectivity index (χ2n) is 6.09. The van der Waals surface area contributed by atoms with Crippen LogP contribution in [-0.4, -0.2) is 42.8 Å². The summed E-state index contributed by atoms with van der Waals surface area (Å²) in [6.07, 6.45) is 5.06. The minimum atomic E-state index is 0.220. The van der Waals surface area contributed by atoms with Gasteiger partial charge in [0, 0.05) is 24.7 Å². The summed E-state index contributed by atoms with van der Waals surface area (Å²) >= 11 is 0. The Morgan fingerprint density at radius 1 is 1.25 bits per heavy atom. The molecule has 16 heavy (non-hydrogen) atoms. The first-order valence-electron chi connectivity index (χ1n) is 6.66. The summed E-state index contributed by atoms with van der Waals surface area (Å²) in [5.41, 5.74) is 6.17. The SMILES string of the molecule is CC1(C)COCCN1CC1CCC(N)CC1. The number of hydrogen-bond donors (Lipinski definition) is 1. The molecule has 0 aromatic carbocycles. The van der Waals surface area contributed by atoms with E-state index < -0.39 is 0 Å². The summed E-state index contributed by atoms with van der Waals surface area (Å²) < 4.78 is 5.56. The number of rotatable bonds is 2. The quantitative estimate of drug-likeness (QED) is 0.777. The third-order valence-electron chi connectivity index (χ3n) is 4.19. The van der Waals surface area contributed by atoms with Gasteiger partial charge in [-0.2, -0.15) is 0 Å². The van der Waals surface area contributed by atoms with E-state index in [1.165, 1.54) is 32.2 Å². The van der Waals surface area contributed by atoms with Gasteiger partial charge in [-0.25, -0.2) is 0 Å². The van der Waals surface area contributed by atoms with Crippen molar-refractivity contribution in [3.63, 3.8) is 0 Å². The van der Waals surface area contributed by atoms with Crippen LogP contribution in [0.15, 0.2) is 0 Å². The molecule has 3 nitrogen and oxygen atoms in total. The maximum absolute atomic E-state index is 5.95. The molecule has 0 atom stereocenters. The van der Waals surface area contributed by atoms with Gasteiger partial charge in [-0.1, -0.05) is 0 Å². The second kappa shape index (κ2) is 5.03. The van der Waals surface area contributed by atoms with E-state index in [-0.39, 0.29) is 5.54 Å². The fourth-order valence-corrected chi connectivity index (χ4v) is 2.91. The molecule has 0 bridgehead atoms. The molecular formula is C13H26N2O. The molecule has 3 heteroatoms. The smallest absolute Gasteiger partial charge is 0.0645 e. The molecule has 1 aliphatic carbocycles. The summed E-state index contributed by atoms with van der Waals surface area (Å²) in [5.74, 6) is 0.858. The largest absolute Gasteiger partial charge is 0.378 e. The van der Waals surface area contributed by atoms with Crippen molar-refractivity contribution >= 4 is 0 Å². The molecule has 2 aliphatic rings. The maximum Gasteiger partial charge on any atom is 0.0645 e. The zero-order chi connectivity index (χ0) is 11.6. The highest BCUT2D eigenvalue weighted by molar-refractivity contribution is 4.87.